The molecule has 1 heterocycles. The van der Waals surface area contributed by atoms with E-state index in [0.717, 1.165) is 25.3 Å². The van der Waals surface area contributed by atoms with Crippen LogP contribution in [-0.2, 0) is 6.54 Å². The molecule has 92 valence electrons. The van der Waals surface area contributed by atoms with Crippen LogP contribution in [0.2, 0.25) is 0 Å². The van der Waals surface area contributed by atoms with Crippen LogP contribution in [-0.4, -0.2) is 28.6 Å². The Bertz CT molecular complexity index is 409. The van der Waals surface area contributed by atoms with Crippen molar-refractivity contribution in [2.24, 2.45) is 5.92 Å². The van der Waals surface area contributed by atoms with Crippen molar-refractivity contribution in [1.82, 2.24) is 20.8 Å². The normalized spacial score (nSPS) is 19.3. The molecular weight excluding hydrogens is 220 g/mol. The lowest BCUT2D eigenvalue weighted by molar-refractivity contribution is 0.0937. The molecule has 17 heavy (non-hydrogen) atoms. The lowest BCUT2D eigenvalue weighted by atomic mass is 10.4. The van der Waals surface area contributed by atoms with E-state index in [2.05, 4.69) is 20.8 Å². The molecule has 2 fully saturated rings. The van der Waals surface area contributed by atoms with Crippen LogP contribution in [0.15, 0.2) is 4.52 Å². The van der Waals surface area contributed by atoms with Gasteiger partial charge in [0.2, 0.25) is 5.89 Å². The van der Waals surface area contributed by atoms with Crippen LogP contribution in [0.5, 0.6) is 0 Å². The minimum Gasteiger partial charge on any atom is -0.346 e. The van der Waals surface area contributed by atoms with Gasteiger partial charge in [0.1, 0.15) is 0 Å². The average molecular weight is 236 g/mol. The van der Waals surface area contributed by atoms with Crippen molar-refractivity contribution in [2.75, 3.05) is 6.54 Å². The third-order valence-electron chi connectivity index (χ3n) is 2.99. The number of aromatic nitrogens is 2. The molecule has 3 rings (SSSR count). The Hall–Kier alpha value is -1.43. The fraction of sp³-hybridized carbons (Fsp3) is 0.727. The fourth-order valence-electron chi connectivity index (χ4n) is 1.60. The molecule has 0 aliphatic heterocycles. The topological polar surface area (TPSA) is 80.0 Å². The summed E-state index contributed by atoms with van der Waals surface area (Å²) in [5.41, 5.74) is 0. The molecule has 2 saturated carbocycles. The quantitative estimate of drug-likeness (QED) is 0.750. The zero-order valence-electron chi connectivity index (χ0n) is 9.61. The molecule has 1 amide bonds. The SMILES string of the molecule is O=C(NC1CC1)c1noc(CNCC2CC2)n1. The molecule has 0 radical (unpaired) electrons. The van der Waals surface area contributed by atoms with Crippen molar-refractivity contribution < 1.29 is 9.32 Å². The van der Waals surface area contributed by atoms with E-state index in [4.69, 9.17) is 4.52 Å². The number of hydrogen-bond donors (Lipinski definition) is 2. The Morgan fingerprint density at radius 2 is 2.18 bits per heavy atom. The largest absolute Gasteiger partial charge is 0.346 e. The van der Waals surface area contributed by atoms with Gasteiger partial charge < -0.3 is 15.2 Å². The van der Waals surface area contributed by atoms with E-state index < -0.39 is 0 Å². The number of amides is 1. The van der Waals surface area contributed by atoms with E-state index in [0.29, 0.717) is 18.5 Å². The third-order valence-corrected chi connectivity index (χ3v) is 2.99. The predicted molar refractivity (Wildman–Crippen MR) is 59.2 cm³/mol. The first-order valence-corrected chi connectivity index (χ1v) is 6.15. The average Bonchev–Trinajstić information content (AvgIpc) is 3.22. The van der Waals surface area contributed by atoms with Gasteiger partial charge in [-0.25, -0.2) is 0 Å². The molecule has 2 aliphatic rings. The van der Waals surface area contributed by atoms with E-state index in [1.54, 1.807) is 0 Å². The van der Waals surface area contributed by atoms with Crippen molar-refractivity contribution >= 4 is 5.91 Å². The number of rotatable bonds is 6. The van der Waals surface area contributed by atoms with Gasteiger partial charge in [0.05, 0.1) is 6.54 Å². The van der Waals surface area contributed by atoms with Gasteiger partial charge in [-0.1, -0.05) is 5.16 Å². The Labute approximate surface area is 99.2 Å². The Balaban J connectivity index is 1.47. The predicted octanol–water partition coefficient (Wildman–Crippen LogP) is 0.461. The fourth-order valence-corrected chi connectivity index (χ4v) is 1.60. The van der Waals surface area contributed by atoms with Crippen LogP contribution in [0.1, 0.15) is 42.2 Å². The summed E-state index contributed by atoms with van der Waals surface area (Å²) in [6.45, 7) is 1.53. The number of carbonyl (C=O) groups excluding carboxylic acids is 1. The van der Waals surface area contributed by atoms with Gasteiger partial charge in [0, 0.05) is 6.04 Å². The van der Waals surface area contributed by atoms with E-state index in [-0.39, 0.29) is 11.7 Å². The highest BCUT2D eigenvalue weighted by atomic mass is 16.5. The first-order valence-electron chi connectivity index (χ1n) is 6.15. The van der Waals surface area contributed by atoms with Gasteiger partial charge >= 0.3 is 0 Å². The molecule has 1 aromatic heterocycles. The third kappa shape index (κ3) is 3.03. The molecule has 2 aliphatic carbocycles. The van der Waals surface area contributed by atoms with Gasteiger partial charge in [-0.15, -0.1) is 0 Å². The molecule has 2 N–H and O–H groups in total. The van der Waals surface area contributed by atoms with E-state index >= 15 is 0 Å². The van der Waals surface area contributed by atoms with Gasteiger partial charge in [-0.05, 0) is 38.1 Å². The van der Waals surface area contributed by atoms with E-state index in [1.807, 2.05) is 0 Å². The maximum absolute atomic E-state index is 11.6. The summed E-state index contributed by atoms with van der Waals surface area (Å²) in [6.07, 6.45) is 4.73. The Morgan fingerprint density at radius 1 is 1.35 bits per heavy atom. The van der Waals surface area contributed by atoms with Gasteiger partial charge in [-0.2, -0.15) is 4.98 Å². The van der Waals surface area contributed by atoms with E-state index in [1.165, 1.54) is 12.8 Å². The second-order valence-corrected chi connectivity index (χ2v) is 4.83. The lowest BCUT2D eigenvalue weighted by Gasteiger charge is -1.97. The smallest absolute Gasteiger partial charge is 0.292 e. The Morgan fingerprint density at radius 3 is 2.88 bits per heavy atom. The van der Waals surface area contributed by atoms with Crippen LogP contribution < -0.4 is 10.6 Å². The van der Waals surface area contributed by atoms with Gasteiger partial charge in [-0.3, -0.25) is 4.79 Å². The lowest BCUT2D eigenvalue weighted by Crippen LogP contribution is -2.26. The highest BCUT2D eigenvalue weighted by molar-refractivity contribution is 5.90. The molecule has 0 saturated heterocycles. The van der Waals surface area contributed by atoms with Crippen LogP contribution in [0.3, 0.4) is 0 Å². The van der Waals surface area contributed by atoms with Crippen LogP contribution in [0, 0.1) is 5.92 Å². The standard InChI is InChI=1S/C11H16N4O2/c16-11(13-8-3-4-8)10-14-9(17-15-10)6-12-5-7-1-2-7/h7-8,12H,1-6H2,(H,13,16). The summed E-state index contributed by atoms with van der Waals surface area (Å²) in [4.78, 5) is 15.6. The molecule has 6 heteroatoms. The maximum Gasteiger partial charge on any atom is 0.292 e. The molecule has 0 bridgehead atoms. The maximum atomic E-state index is 11.6. The second kappa shape index (κ2) is 4.44. The molecule has 0 unspecified atom stereocenters. The van der Waals surface area contributed by atoms with E-state index in [9.17, 15) is 4.79 Å². The minimum atomic E-state index is -0.232. The van der Waals surface area contributed by atoms with Crippen molar-refractivity contribution in [3.05, 3.63) is 11.7 Å². The summed E-state index contributed by atoms with van der Waals surface area (Å²) in [5.74, 6) is 1.20. The number of nitrogens with zero attached hydrogens (tertiary/aromatic N) is 2. The monoisotopic (exact) mass is 236 g/mol. The van der Waals surface area contributed by atoms with Gasteiger partial charge in [0.25, 0.3) is 11.7 Å². The molecule has 0 atom stereocenters. The first-order chi connectivity index (χ1) is 8.31. The van der Waals surface area contributed by atoms with Crippen molar-refractivity contribution in [2.45, 2.75) is 38.3 Å². The highest BCUT2D eigenvalue weighted by Gasteiger charge is 2.26. The zero-order valence-corrected chi connectivity index (χ0v) is 9.61. The van der Waals surface area contributed by atoms with Crippen molar-refractivity contribution in [3.63, 3.8) is 0 Å². The first kappa shape index (κ1) is 10.7. The van der Waals surface area contributed by atoms with Crippen molar-refractivity contribution in [3.8, 4) is 0 Å². The summed E-state index contributed by atoms with van der Waals surface area (Å²) in [6, 6.07) is 0.317. The van der Waals surface area contributed by atoms with Crippen LogP contribution in [0.4, 0.5) is 0 Å². The van der Waals surface area contributed by atoms with Crippen molar-refractivity contribution in [1.29, 1.82) is 0 Å². The Kier molecular flexibility index (Phi) is 2.80. The number of carbonyl (C=O) groups is 1. The molecule has 0 spiro atoms. The molecule has 1 aromatic rings. The zero-order chi connectivity index (χ0) is 11.7. The summed E-state index contributed by atoms with van der Waals surface area (Å²) < 4.78 is 5.01. The number of hydrogen-bond acceptors (Lipinski definition) is 5. The highest BCUT2D eigenvalue weighted by Crippen LogP contribution is 2.27. The summed E-state index contributed by atoms with van der Waals surface area (Å²) in [5, 5.41) is 9.74. The molecule has 6 nitrogen and oxygen atoms in total. The number of nitrogens with one attached hydrogen (secondary N) is 2. The van der Waals surface area contributed by atoms with Crippen LogP contribution in [0.25, 0.3) is 0 Å². The summed E-state index contributed by atoms with van der Waals surface area (Å²) in [7, 11) is 0. The van der Waals surface area contributed by atoms with Gasteiger partial charge in [0.15, 0.2) is 0 Å². The second-order valence-electron chi connectivity index (χ2n) is 4.83. The summed E-state index contributed by atoms with van der Waals surface area (Å²) >= 11 is 0. The minimum absolute atomic E-state index is 0.139. The molecule has 0 aromatic carbocycles. The van der Waals surface area contributed by atoms with Crippen LogP contribution >= 0.6 is 0 Å². The molecular formula is C11H16N4O2.